The molecule has 1 atom stereocenters. The Hall–Kier alpha value is -0.570. The van der Waals surface area contributed by atoms with Gasteiger partial charge in [0.1, 0.15) is 0 Å². The Morgan fingerprint density at radius 1 is 1.50 bits per heavy atom. The van der Waals surface area contributed by atoms with Crippen LogP contribution in [-0.2, 0) is 4.79 Å². The lowest BCUT2D eigenvalue weighted by Crippen LogP contribution is -2.50. The molecule has 92 valence electrons. The molecule has 1 aliphatic carbocycles. The van der Waals surface area contributed by atoms with Crippen LogP contribution < -0.4 is 10.6 Å². The van der Waals surface area contributed by atoms with Gasteiger partial charge in [0.2, 0.25) is 5.91 Å². The highest BCUT2D eigenvalue weighted by Crippen LogP contribution is 2.48. The van der Waals surface area contributed by atoms with E-state index >= 15 is 0 Å². The number of carbonyl (C=O) groups is 1. The second-order valence-corrected chi connectivity index (χ2v) is 5.67. The Morgan fingerprint density at radius 2 is 2.19 bits per heavy atom. The van der Waals surface area contributed by atoms with Crippen LogP contribution in [0.2, 0.25) is 0 Å². The van der Waals surface area contributed by atoms with Crippen molar-refractivity contribution in [1.29, 1.82) is 0 Å². The third-order valence-electron chi connectivity index (χ3n) is 4.31. The van der Waals surface area contributed by atoms with Gasteiger partial charge in [0.15, 0.2) is 0 Å². The summed E-state index contributed by atoms with van der Waals surface area (Å²) >= 11 is 0. The van der Waals surface area contributed by atoms with E-state index in [0.717, 1.165) is 19.6 Å². The van der Waals surface area contributed by atoms with Gasteiger partial charge in [0.25, 0.3) is 0 Å². The van der Waals surface area contributed by atoms with Crippen molar-refractivity contribution in [2.75, 3.05) is 19.6 Å². The van der Waals surface area contributed by atoms with Crippen LogP contribution in [0.4, 0.5) is 0 Å². The lowest BCUT2D eigenvalue weighted by Gasteiger charge is -2.32. The molecule has 3 heteroatoms. The second-order valence-electron chi connectivity index (χ2n) is 5.67. The van der Waals surface area contributed by atoms with Crippen molar-refractivity contribution in [2.24, 2.45) is 17.3 Å². The zero-order chi connectivity index (χ0) is 11.6. The lowest BCUT2D eigenvalue weighted by molar-refractivity contribution is -0.127. The number of hydrogen-bond donors (Lipinski definition) is 2. The van der Waals surface area contributed by atoms with Crippen LogP contribution in [0.5, 0.6) is 0 Å². The van der Waals surface area contributed by atoms with E-state index in [1.807, 2.05) is 0 Å². The Bertz CT molecular complexity index is 257. The average molecular weight is 224 g/mol. The molecular formula is C13H24N2O. The molecule has 1 aliphatic heterocycles. The molecule has 0 spiro atoms. The fourth-order valence-electron chi connectivity index (χ4n) is 2.54. The van der Waals surface area contributed by atoms with Crippen LogP contribution in [0.3, 0.4) is 0 Å². The number of hydrogen-bond acceptors (Lipinski definition) is 2. The van der Waals surface area contributed by atoms with Gasteiger partial charge in [-0.3, -0.25) is 4.79 Å². The molecule has 0 aromatic rings. The molecule has 1 unspecified atom stereocenters. The van der Waals surface area contributed by atoms with E-state index in [9.17, 15) is 4.79 Å². The molecule has 2 fully saturated rings. The fourth-order valence-corrected chi connectivity index (χ4v) is 2.54. The average Bonchev–Trinajstić information content (AvgIpc) is 2.93. The predicted molar refractivity (Wildman–Crippen MR) is 65.1 cm³/mol. The quantitative estimate of drug-likeness (QED) is 0.718. The Labute approximate surface area is 98.4 Å². The van der Waals surface area contributed by atoms with E-state index in [1.165, 1.54) is 25.7 Å². The summed E-state index contributed by atoms with van der Waals surface area (Å²) in [5, 5.41) is 6.37. The molecule has 2 N–H and O–H groups in total. The number of nitrogens with one attached hydrogen (secondary N) is 2. The maximum Gasteiger partial charge on any atom is 0.223 e. The summed E-state index contributed by atoms with van der Waals surface area (Å²) < 4.78 is 0. The van der Waals surface area contributed by atoms with Gasteiger partial charge in [-0.25, -0.2) is 0 Å². The molecule has 1 saturated heterocycles. The van der Waals surface area contributed by atoms with E-state index in [4.69, 9.17) is 0 Å². The van der Waals surface area contributed by atoms with Gasteiger partial charge in [-0.2, -0.15) is 0 Å². The highest BCUT2D eigenvalue weighted by atomic mass is 16.1. The van der Waals surface area contributed by atoms with Gasteiger partial charge in [-0.15, -0.1) is 0 Å². The standard InChI is InChI=1S/C13H24N2O/c1-3-4-13(5-6-13)9-15-12(16)10(2)11-7-14-8-11/h10-11,14H,3-9H2,1-2H3,(H,15,16). The van der Waals surface area contributed by atoms with Gasteiger partial charge in [-0.05, 0) is 43.7 Å². The van der Waals surface area contributed by atoms with Crippen molar-refractivity contribution in [3.63, 3.8) is 0 Å². The molecule has 0 aromatic carbocycles. The monoisotopic (exact) mass is 224 g/mol. The minimum Gasteiger partial charge on any atom is -0.355 e. The molecule has 2 rings (SSSR count). The van der Waals surface area contributed by atoms with Gasteiger partial charge < -0.3 is 10.6 Å². The molecule has 0 bridgehead atoms. The highest BCUT2D eigenvalue weighted by Gasteiger charge is 2.42. The fraction of sp³-hybridized carbons (Fsp3) is 0.923. The van der Waals surface area contributed by atoms with Gasteiger partial charge in [-0.1, -0.05) is 20.3 Å². The SMILES string of the molecule is CCCC1(CNC(=O)C(C)C2CNC2)CC1. The predicted octanol–water partition coefficient (Wildman–Crippen LogP) is 1.54. The number of rotatable bonds is 6. The van der Waals surface area contributed by atoms with Crippen molar-refractivity contribution in [3.8, 4) is 0 Å². The smallest absolute Gasteiger partial charge is 0.223 e. The largest absolute Gasteiger partial charge is 0.355 e. The number of carbonyl (C=O) groups excluding carboxylic acids is 1. The van der Waals surface area contributed by atoms with Crippen LogP contribution >= 0.6 is 0 Å². The highest BCUT2D eigenvalue weighted by molar-refractivity contribution is 5.78. The summed E-state index contributed by atoms with van der Waals surface area (Å²) in [5.41, 5.74) is 0.474. The normalized spacial score (nSPS) is 24.6. The van der Waals surface area contributed by atoms with Crippen LogP contribution in [0.15, 0.2) is 0 Å². The zero-order valence-electron chi connectivity index (χ0n) is 10.5. The van der Waals surface area contributed by atoms with Crippen molar-refractivity contribution in [2.45, 2.75) is 39.5 Å². The van der Waals surface area contributed by atoms with Crippen molar-refractivity contribution >= 4 is 5.91 Å². The topological polar surface area (TPSA) is 41.1 Å². The summed E-state index contributed by atoms with van der Waals surface area (Å²) in [4.78, 5) is 11.9. The van der Waals surface area contributed by atoms with Crippen LogP contribution in [-0.4, -0.2) is 25.5 Å². The minimum atomic E-state index is 0.179. The van der Waals surface area contributed by atoms with Crippen LogP contribution in [0.25, 0.3) is 0 Å². The van der Waals surface area contributed by atoms with Crippen LogP contribution in [0, 0.1) is 17.3 Å². The Kier molecular flexibility index (Phi) is 3.53. The summed E-state index contributed by atoms with van der Waals surface area (Å²) in [7, 11) is 0. The summed E-state index contributed by atoms with van der Waals surface area (Å²) in [6.45, 7) is 7.21. The van der Waals surface area contributed by atoms with E-state index in [0.29, 0.717) is 11.3 Å². The first kappa shape index (κ1) is 11.9. The maximum absolute atomic E-state index is 11.9. The van der Waals surface area contributed by atoms with Crippen LogP contribution in [0.1, 0.15) is 39.5 Å². The Morgan fingerprint density at radius 3 is 2.62 bits per heavy atom. The molecular weight excluding hydrogens is 200 g/mol. The summed E-state index contributed by atoms with van der Waals surface area (Å²) in [5.74, 6) is 0.994. The second kappa shape index (κ2) is 4.74. The lowest BCUT2D eigenvalue weighted by atomic mass is 9.88. The van der Waals surface area contributed by atoms with E-state index in [1.54, 1.807) is 0 Å². The summed E-state index contributed by atoms with van der Waals surface area (Å²) in [6.07, 6.45) is 5.12. The number of amides is 1. The molecule has 0 radical (unpaired) electrons. The van der Waals surface area contributed by atoms with Gasteiger partial charge in [0, 0.05) is 12.5 Å². The van der Waals surface area contributed by atoms with E-state index in [-0.39, 0.29) is 11.8 Å². The first-order valence-electron chi connectivity index (χ1n) is 6.65. The molecule has 1 saturated carbocycles. The van der Waals surface area contributed by atoms with Crippen molar-refractivity contribution in [1.82, 2.24) is 10.6 Å². The van der Waals surface area contributed by atoms with E-state index in [2.05, 4.69) is 24.5 Å². The van der Waals surface area contributed by atoms with Crippen molar-refractivity contribution < 1.29 is 4.79 Å². The third-order valence-corrected chi connectivity index (χ3v) is 4.31. The van der Waals surface area contributed by atoms with Gasteiger partial charge in [0.05, 0.1) is 0 Å². The first-order chi connectivity index (χ1) is 7.67. The van der Waals surface area contributed by atoms with E-state index < -0.39 is 0 Å². The molecule has 3 nitrogen and oxygen atoms in total. The summed E-state index contributed by atoms with van der Waals surface area (Å²) in [6, 6.07) is 0. The van der Waals surface area contributed by atoms with Gasteiger partial charge >= 0.3 is 0 Å². The molecule has 1 amide bonds. The Balaban J connectivity index is 1.70. The molecule has 16 heavy (non-hydrogen) atoms. The third kappa shape index (κ3) is 2.57. The maximum atomic E-state index is 11.9. The molecule has 0 aromatic heterocycles. The molecule has 1 heterocycles. The minimum absolute atomic E-state index is 0.179. The first-order valence-corrected chi connectivity index (χ1v) is 6.65. The molecule has 2 aliphatic rings. The van der Waals surface area contributed by atoms with Crippen molar-refractivity contribution in [3.05, 3.63) is 0 Å². The zero-order valence-corrected chi connectivity index (χ0v) is 10.5.